The van der Waals surface area contributed by atoms with Crippen molar-refractivity contribution >= 4 is 21.6 Å². The summed E-state index contributed by atoms with van der Waals surface area (Å²) in [6.07, 6.45) is 0. The average Bonchev–Trinajstić information content (AvgIpc) is 2.60. The number of anilines is 1. The topological polar surface area (TPSA) is 99.1 Å². The molecule has 0 spiro atoms. The van der Waals surface area contributed by atoms with Crippen LogP contribution in [-0.4, -0.2) is 20.9 Å². The van der Waals surface area contributed by atoms with E-state index in [0.717, 1.165) is 0 Å². The Kier molecular flexibility index (Phi) is 5.78. The third-order valence-electron chi connectivity index (χ3n) is 3.36. The molecule has 0 aliphatic carbocycles. The van der Waals surface area contributed by atoms with Crippen LogP contribution in [0.15, 0.2) is 53.4 Å². The van der Waals surface area contributed by atoms with Gasteiger partial charge in [-0.2, -0.15) is 5.26 Å². The highest BCUT2D eigenvalue weighted by atomic mass is 32.2. The lowest BCUT2D eigenvalue weighted by Crippen LogP contribution is -2.27. The van der Waals surface area contributed by atoms with Gasteiger partial charge < -0.3 is 5.32 Å². The summed E-state index contributed by atoms with van der Waals surface area (Å²) in [5.41, 5.74) is 1.20. The maximum absolute atomic E-state index is 12.4. The van der Waals surface area contributed by atoms with E-state index in [2.05, 4.69) is 10.0 Å². The molecule has 0 radical (unpaired) electrons. The fourth-order valence-corrected chi connectivity index (χ4v) is 3.07. The summed E-state index contributed by atoms with van der Waals surface area (Å²) in [7, 11) is -3.77. The molecule has 0 aliphatic rings. The van der Waals surface area contributed by atoms with E-state index in [1.807, 2.05) is 19.9 Å². The minimum Gasteiger partial charge on any atom is -0.352 e. The van der Waals surface area contributed by atoms with Gasteiger partial charge in [-0.3, -0.25) is 9.52 Å². The van der Waals surface area contributed by atoms with Crippen LogP contribution < -0.4 is 10.0 Å². The first kappa shape index (κ1) is 18.5. The lowest BCUT2D eigenvalue weighted by atomic mass is 10.2. The van der Waals surface area contributed by atoms with Gasteiger partial charge in [-0.25, -0.2) is 8.42 Å². The molecule has 0 unspecified atom stereocenters. The molecule has 0 heterocycles. The van der Waals surface area contributed by atoms with Crippen molar-refractivity contribution in [2.24, 2.45) is 5.92 Å². The maximum Gasteiger partial charge on any atom is 0.261 e. The maximum atomic E-state index is 12.4. The quantitative estimate of drug-likeness (QED) is 0.830. The molecular formula is C18H19N3O3S. The molecule has 0 aliphatic heterocycles. The molecule has 2 aromatic carbocycles. The highest BCUT2D eigenvalue weighted by Crippen LogP contribution is 2.17. The van der Waals surface area contributed by atoms with Crippen molar-refractivity contribution < 1.29 is 13.2 Å². The fraction of sp³-hybridized carbons (Fsp3) is 0.222. The van der Waals surface area contributed by atoms with Crippen molar-refractivity contribution in [2.45, 2.75) is 18.7 Å². The van der Waals surface area contributed by atoms with Gasteiger partial charge in [0.2, 0.25) is 0 Å². The van der Waals surface area contributed by atoms with Crippen molar-refractivity contribution in [3.8, 4) is 6.07 Å². The summed E-state index contributed by atoms with van der Waals surface area (Å²) in [4.78, 5) is 12.0. The number of amides is 1. The molecule has 7 heteroatoms. The molecule has 0 saturated heterocycles. The Hall–Kier alpha value is -2.85. The SMILES string of the molecule is CC(C)CNC(=O)c1ccc(S(=O)(=O)Nc2ccc(C#N)cc2)cc1. The zero-order valence-electron chi connectivity index (χ0n) is 14.0. The molecule has 0 bridgehead atoms. The molecule has 0 fully saturated rings. The van der Waals surface area contributed by atoms with Gasteiger partial charge in [0.15, 0.2) is 0 Å². The van der Waals surface area contributed by atoms with E-state index in [1.54, 1.807) is 0 Å². The molecule has 130 valence electrons. The van der Waals surface area contributed by atoms with Crippen molar-refractivity contribution in [3.05, 3.63) is 59.7 Å². The summed E-state index contributed by atoms with van der Waals surface area (Å²) >= 11 is 0. The van der Waals surface area contributed by atoms with Gasteiger partial charge >= 0.3 is 0 Å². The molecular weight excluding hydrogens is 338 g/mol. The largest absolute Gasteiger partial charge is 0.352 e. The predicted molar refractivity (Wildman–Crippen MR) is 95.6 cm³/mol. The lowest BCUT2D eigenvalue weighted by molar-refractivity contribution is 0.0949. The second-order valence-corrected chi connectivity index (χ2v) is 7.61. The van der Waals surface area contributed by atoms with Crippen LogP contribution in [0.2, 0.25) is 0 Å². The minimum absolute atomic E-state index is 0.0530. The Morgan fingerprint density at radius 3 is 2.20 bits per heavy atom. The Labute approximate surface area is 147 Å². The van der Waals surface area contributed by atoms with Crippen molar-refractivity contribution in [1.29, 1.82) is 5.26 Å². The number of hydrogen-bond donors (Lipinski definition) is 2. The number of sulfonamides is 1. The number of rotatable bonds is 6. The van der Waals surface area contributed by atoms with Crippen LogP contribution in [0.3, 0.4) is 0 Å². The van der Waals surface area contributed by atoms with Crippen molar-refractivity contribution in [1.82, 2.24) is 5.32 Å². The number of carbonyl (C=O) groups excluding carboxylic acids is 1. The zero-order valence-corrected chi connectivity index (χ0v) is 14.8. The third-order valence-corrected chi connectivity index (χ3v) is 4.76. The van der Waals surface area contributed by atoms with Gasteiger partial charge in [-0.15, -0.1) is 0 Å². The summed E-state index contributed by atoms with van der Waals surface area (Å²) in [6, 6.07) is 13.8. The van der Waals surface area contributed by atoms with Gasteiger partial charge in [0.1, 0.15) is 0 Å². The van der Waals surface area contributed by atoms with Crippen LogP contribution in [0.1, 0.15) is 29.8 Å². The summed E-state index contributed by atoms with van der Waals surface area (Å²) in [5, 5.41) is 11.5. The highest BCUT2D eigenvalue weighted by molar-refractivity contribution is 7.92. The Morgan fingerprint density at radius 2 is 1.68 bits per heavy atom. The van der Waals surface area contributed by atoms with E-state index < -0.39 is 10.0 Å². The molecule has 6 nitrogen and oxygen atoms in total. The van der Waals surface area contributed by atoms with E-state index in [-0.39, 0.29) is 10.8 Å². The number of hydrogen-bond acceptors (Lipinski definition) is 4. The number of carbonyl (C=O) groups is 1. The average molecular weight is 357 g/mol. The van der Waals surface area contributed by atoms with E-state index in [9.17, 15) is 13.2 Å². The van der Waals surface area contributed by atoms with Crippen LogP contribution >= 0.6 is 0 Å². The number of nitrogens with zero attached hydrogens (tertiary/aromatic N) is 1. The van der Waals surface area contributed by atoms with Gasteiger partial charge in [0.25, 0.3) is 15.9 Å². The second-order valence-electron chi connectivity index (χ2n) is 5.92. The zero-order chi connectivity index (χ0) is 18.4. The number of nitrogens with one attached hydrogen (secondary N) is 2. The lowest BCUT2D eigenvalue weighted by Gasteiger charge is -2.10. The Bertz CT molecular complexity index is 881. The van der Waals surface area contributed by atoms with E-state index in [0.29, 0.717) is 29.3 Å². The van der Waals surface area contributed by atoms with Crippen LogP contribution in [-0.2, 0) is 10.0 Å². The molecule has 2 N–H and O–H groups in total. The van der Waals surface area contributed by atoms with Crippen LogP contribution in [0.4, 0.5) is 5.69 Å². The van der Waals surface area contributed by atoms with Gasteiger partial charge in [-0.1, -0.05) is 13.8 Å². The summed E-state index contributed by atoms with van der Waals surface area (Å²) in [5.74, 6) is 0.0953. The highest BCUT2D eigenvalue weighted by Gasteiger charge is 2.15. The number of benzene rings is 2. The van der Waals surface area contributed by atoms with Gasteiger partial charge in [0.05, 0.1) is 16.5 Å². The van der Waals surface area contributed by atoms with Gasteiger partial charge in [-0.05, 0) is 54.4 Å². The summed E-state index contributed by atoms with van der Waals surface area (Å²) < 4.78 is 27.2. The van der Waals surface area contributed by atoms with Crippen LogP contribution in [0.25, 0.3) is 0 Å². The molecule has 0 saturated carbocycles. The molecule has 2 aromatic rings. The Morgan fingerprint density at radius 1 is 1.08 bits per heavy atom. The predicted octanol–water partition coefficient (Wildman–Crippen LogP) is 2.74. The first-order valence-corrected chi connectivity index (χ1v) is 9.21. The normalized spacial score (nSPS) is 11.0. The Balaban J connectivity index is 2.11. The van der Waals surface area contributed by atoms with Crippen LogP contribution in [0.5, 0.6) is 0 Å². The first-order valence-electron chi connectivity index (χ1n) is 7.73. The van der Waals surface area contributed by atoms with Crippen molar-refractivity contribution in [2.75, 3.05) is 11.3 Å². The first-order chi connectivity index (χ1) is 11.8. The monoisotopic (exact) mass is 357 g/mol. The standard InChI is InChI=1S/C18H19N3O3S/c1-13(2)12-20-18(22)15-5-9-17(10-6-15)25(23,24)21-16-7-3-14(11-19)4-8-16/h3-10,13,21H,12H2,1-2H3,(H,20,22). The molecule has 0 atom stereocenters. The van der Waals surface area contributed by atoms with Crippen molar-refractivity contribution in [3.63, 3.8) is 0 Å². The third kappa shape index (κ3) is 5.06. The fourth-order valence-electron chi connectivity index (χ4n) is 2.01. The van der Waals surface area contributed by atoms with Crippen LogP contribution in [0, 0.1) is 17.2 Å². The smallest absolute Gasteiger partial charge is 0.261 e. The molecule has 2 rings (SSSR count). The molecule has 0 aromatic heterocycles. The van der Waals surface area contributed by atoms with E-state index in [4.69, 9.17) is 5.26 Å². The molecule has 25 heavy (non-hydrogen) atoms. The summed E-state index contributed by atoms with van der Waals surface area (Å²) in [6.45, 7) is 4.54. The number of nitriles is 1. The van der Waals surface area contributed by atoms with Gasteiger partial charge in [0, 0.05) is 17.8 Å². The van der Waals surface area contributed by atoms with E-state index >= 15 is 0 Å². The molecule has 1 amide bonds. The second kappa shape index (κ2) is 7.81. The van der Waals surface area contributed by atoms with E-state index in [1.165, 1.54) is 48.5 Å². The minimum atomic E-state index is -3.77.